The summed E-state index contributed by atoms with van der Waals surface area (Å²) in [5.41, 5.74) is 4.67. The van der Waals surface area contributed by atoms with Crippen molar-refractivity contribution in [3.63, 3.8) is 0 Å². The average molecular weight is 434 g/mol. The lowest BCUT2D eigenvalue weighted by atomic mass is 10.1. The normalized spacial score (nSPS) is 12.2. The van der Waals surface area contributed by atoms with Gasteiger partial charge in [0, 0.05) is 60.6 Å². The van der Waals surface area contributed by atoms with Crippen LogP contribution in [0.5, 0.6) is 17.2 Å². The summed E-state index contributed by atoms with van der Waals surface area (Å²) in [6.45, 7) is 2.32. The van der Waals surface area contributed by atoms with Gasteiger partial charge in [0.2, 0.25) is 11.7 Å². The van der Waals surface area contributed by atoms with E-state index >= 15 is 0 Å². The molecule has 3 aromatic rings. The van der Waals surface area contributed by atoms with Gasteiger partial charge in [0.1, 0.15) is 5.82 Å². The Bertz CT molecular complexity index is 1120. The number of anilines is 5. The number of nitrogens with one attached hydrogen (secondary N) is 2. The van der Waals surface area contributed by atoms with Crippen molar-refractivity contribution in [2.24, 2.45) is 0 Å². The lowest BCUT2D eigenvalue weighted by Crippen LogP contribution is -2.25. The number of benzene rings is 2. The van der Waals surface area contributed by atoms with E-state index in [1.807, 2.05) is 41.3 Å². The Kier molecular flexibility index (Phi) is 6.02. The van der Waals surface area contributed by atoms with E-state index in [-0.39, 0.29) is 5.91 Å². The number of nitrogens with zero attached hydrogens (tertiary/aromatic N) is 2. The molecule has 0 saturated heterocycles. The zero-order valence-corrected chi connectivity index (χ0v) is 18.6. The maximum atomic E-state index is 11.9. The van der Waals surface area contributed by atoms with Gasteiger partial charge in [-0.05, 0) is 30.2 Å². The minimum Gasteiger partial charge on any atom is -0.493 e. The molecular weight excluding hydrogens is 408 g/mol. The Morgan fingerprint density at radius 2 is 1.62 bits per heavy atom. The molecule has 0 unspecified atom stereocenters. The van der Waals surface area contributed by atoms with Crippen LogP contribution in [0.2, 0.25) is 0 Å². The molecule has 8 heteroatoms. The highest BCUT2D eigenvalue weighted by Crippen LogP contribution is 2.40. The molecule has 0 atom stereocenters. The molecule has 0 aliphatic carbocycles. The van der Waals surface area contributed by atoms with Crippen LogP contribution in [-0.2, 0) is 11.2 Å². The number of hydrogen-bond acceptors (Lipinski definition) is 7. The third-order valence-electron chi connectivity index (χ3n) is 5.35. The van der Waals surface area contributed by atoms with Crippen LogP contribution in [-0.4, -0.2) is 38.8 Å². The Labute approximate surface area is 187 Å². The number of fused-ring (bicyclic) bond motifs is 1. The van der Waals surface area contributed by atoms with Crippen LogP contribution in [0.25, 0.3) is 0 Å². The molecular formula is C24H26N4O4. The number of carbonyl (C=O) groups excluding carboxylic acids is 1. The molecule has 1 aliphatic heterocycles. The molecule has 1 aliphatic rings. The van der Waals surface area contributed by atoms with Crippen LogP contribution < -0.4 is 29.7 Å². The summed E-state index contributed by atoms with van der Waals surface area (Å²) < 4.78 is 16.2. The molecule has 0 spiro atoms. The van der Waals surface area contributed by atoms with Crippen LogP contribution in [0.15, 0.2) is 48.7 Å². The van der Waals surface area contributed by atoms with Crippen molar-refractivity contribution in [1.29, 1.82) is 0 Å². The summed E-state index contributed by atoms with van der Waals surface area (Å²) >= 11 is 0. The number of methoxy groups -OCH3 is 3. The molecule has 166 valence electrons. The fraction of sp³-hybridized carbons (Fsp3) is 0.250. The Hall–Kier alpha value is -3.94. The first-order valence-electron chi connectivity index (χ1n) is 10.2. The highest BCUT2D eigenvalue weighted by atomic mass is 16.5. The van der Waals surface area contributed by atoms with Crippen molar-refractivity contribution in [2.75, 3.05) is 43.4 Å². The number of rotatable bonds is 7. The SMILES string of the molecule is COc1cc(Nc2cc(Nc3ccc4c(c3)N(C(C)=O)CC4)ccn2)cc(OC)c1OC. The van der Waals surface area contributed by atoms with Crippen molar-refractivity contribution < 1.29 is 19.0 Å². The summed E-state index contributed by atoms with van der Waals surface area (Å²) in [4.78, 5) is 18.1. The molecule has 0 fully saturated rings. The second kappa shape index (κ2) is 9.05. The third kappa shape index (κ3) is 4.25. The van der Waals surface area contributed by atoms with Crippen LogP contribution >= 0.6 is 0 Å². The van der Waals surface area contributed by atoms with Crippen LogP contribution in [0.1, 0.15) is 12.5 Å². The Morgan fingerprint density at radius 1 is 0.906 bits per heavy atom. The lowest BCUT2D eigenvalue weighted by molar-refractivity contribution is -0.116. The van der Waals surface area contributed by atoms with Gasteiger partial charge in [0.05, 0.1) is 21.3 Å². The zero-order chi connectivity index (χ0) is 22.7. The summed E-state index contributed by atoms with van der Waals surface area (Å²) in [7, 11) is 4.72. The van der Waals surface area contributed by atoms with Gasteiger partial charge >= 0.3 is 0 Å². The largest absolute Gasteiger partial charge is 0.493 e. The first kappa shape index (κ1) is 21.3. The van der Waals surface area contributed by atoms with Crippen molar-refractivity contribution in [1.82, 2.24) is 4.98 Å². The molecule has 0 bridgehead atoms. The molecule has 2 aromatic carbocycles. The molecule has 1 amide bonds. The summed E-state index contributed by atoms with van der Waals surface area (Å²) in [6, 6.07) is 13.5. The third-order valence-corrected chi connectivity index (χ3v) is 5.35. The molecule has 4 rings (SSSR count). The zero-order valence-electron chi connectivity index (χ0n) is 18.6. The van der Waals surface area contributed by atoms with Gasteiger partial charge < -0.3 is 29.7 Å². The van der Waals surface area contributed by atoms with Crippen molar-refractivity contribution in [2.45, 2.75) is 13.3 Å². The van der Waals surface area contributed by atoms with Gasteiger partial charge in [0.25, 0.3) is 0 Å². The van der Waals surface area contributed by atoms with Crippen LogP contribution in [0.3, 0.4) is 0 Å². The fourth-order valence-electron chi connectivity index (χ4n) is 3.83. The smallest absolute Gasteiger partial charge is 0.223 e. The number of amides is 1. The maximum absolute atomic E-state index is 11.9. The van der Waals surface area contributed by atoms with Gasteiger partial charge in [-0.2, -0.15) is 0 Å². The van der Waals surface area contributed by atoms with Crippen LogP contribution in [0.4, 0.5) is 28.6 Å². The maximum Gasteiger partial charge on any atom is 0.223 e. The Morgan fingerprint density at radius 3 is 2.28 bits per heavy atom. The van der Waals surface area contributed by atoms with E-state index in [2.05, 4.69) is 21.7 Å². The van der Waals surface area contributed by atoms with Gasteiger partial charge in [-0.15, -0.1) is 0 Å². The van der Waals surface area contributed by atoms with E-state index in [0.717, 1.165) is 35.7 Å². The minimum atomic E-state index is 0.0571. The molecule has 2 heterocycles. The Balaban J connectivity index is 1.55. The van der Waals surface area contributed by atoms with Crippen LogP contribution in [0, 0.1) is 0 Å². The predicted molar refractivity (Wildman–Crippen MR) is 125 cm³/mol. The van der Waals surface area contributed by atoms with Gasteiger partial charge in [-0.3, -0.25) is 4.79 Å². The number of ether oxygens (including phenoxy) is 3. The molecule has 2 N–H and O–H groups in total. The second-order valence-corrected chi connectivity index (χ2v) is 7.36. The van der Waals surface area contributed by atoms with E-state index in [0.29, 0.717) is 23.1 Å². The molecule has 8 nitrogen and oxygen atoms in total. The van der Waals surface area contributed by atoms with Gasteiger partial charge in [-0.1, -0.05) is 6.07 Å². The fourth-order valence-corrected chi connectivity index (χ4v) is 3.83. The van der Waals surface area contributed by atoms with E-state index in [1.165, 1.54) is 5.56 Å². The monoisotopic (exact) mass is 434 g/mol. The summed E-state index contributed by atoms with van der Waals surface area (Å²) in [5.74, 6) is 2.34. The predicted octanol–water partition coefficient (Wildman–Crippen LogP) is 4.50. The average Bonchev–Trinajstić information content (AvgIpc) is 3.22. The summed E-state index contributed by atoms with van der Waals surface area (Å²) in [5, 5.41) is 6.67. The second-order valence-electron chi connectivity index (χ2n) is 7.36. The molecule has 32 heavy (non-hydrogen) atoms. The van der Waals surface area contributed by atoms with E-state index in [9.17, 15) is 4.79 Å². The molecule has 0 saturated carbocycles. The molecule has 0 radical (unpaired) electrons. The first-order valence-corrected chi connectivity index (χ1v) is 10.2. The van der Waals surface area contributed by atoms with Gasteiger partial charge in [0.15, 0.2) is 11.5 Å². The number of hydrogen-bond donors (Lipinski definition) is 2. The van der Waals surface area contributed by atoms with Gasteiger partial charge in [-0.25, -0.2) is 4.98 Å². The van der Waals surface area contributed by atoms with Crippen molar-refractivity contribution in [3.05, 3.63) is 54.2 Å². The summed E-state index contributed by atoms with van der Waals surface area (Å²) in [6.07, 6.45) is 2.60. The van der Waals surface area contributed by atoms with Crippen molar-refractivity contribution in [3.8, 4) is 17.2 Å². The highest BCUT2D eigenvalue weighted by Gasteiger charge is 2.22. The topological polar surface area (TPSA) is 85.0 Å². The van der Waals surface area contributed by atoms with E-state index in [4.69, 9.17) is 14.2 Å². The number of pyridine rings is 1. The van der Waals surface area contributed by atoms with E-state index in [1.54, 1.807) is 34.4 Å². The highest BCUT2D eigenvalue weighted by molar-refractivity contribution is 5.94. The van der Waals surface area contributed by atoms with Crippen molar-refractivity contribution >= 4 is 34.5 Å². The molecule has 1 aromatic heterocycles. The first-order chi connectivity index (χ1) is 15.5. The van der Waals surface area contributed by atoms with E-state index < -0.39 is 0 Å². The number of aromatic nitrogens is 1. The minimum absolute atomic E-state index is 0.0571. The number of carbonyl (C=O) groups is 1. The standard InChI is InChI=1S/C24H26N4O4/c1-15(29)28-10-8-16-5-6-17(11-20(16)28)26-18-7-9-25-23(14-18)27-19-12-21(30-2)24(32-4)22(13-19)31-3/h5-7,9,11-14H,8,10H2,1-4H3,(H2,25,26,27). The lowest BCUT2D eigenvalue weighted by Gasteiger charge is -2.17. The quantitative estimate of drug-likeness (QED) is 0.566.